The Hall–Kier alpha value is -1.09. The summed E-state index contributed by atoms with van der Waals surface area (Å²) in [6.45, 7) is 9.69. The van der Waals surface area contributed by atoms with Crippen LogP contribution in [0.2, 0.25) is 0 Å². The van der Waals surface area contributed by atoms with Gasteiger partial charge >= 0.3 is 0 Å². The van der Waals surface area contributed by atoms with Crippen LogP contribution in [-0.4, -0.2) is 25.1 Å². The SMILES string of the molecule is CCN(CC(C)C)c1cnccc1CNC. The summed E-state index contributed by atoms with van der Waals surface area (Å²) in [5.41, 5.74) is 2.58. The van der Waals surface area contributed by atoms with E-state index in [-0.39, 0.29) is 0 Å². The number of hydrogen-bond donors (Lipinski definition) is 1. The van der Waals surface area contributed by atoms with Gasteiger partial charge in [-0.05, 0) is 31.5 Å². The Kier molecular flexibility index (Phi) is 5.26. The lowest BCUT2D eigenvalue weighted by Crippen LogP contribution is -2.28. The molecule has 0 aliphatic carbocycles. The molecule has 1 aromatic rings. The van der Waals surface area contributed by atoms with Crippen molar-refractivity contribution in [3.05, 3.63) is 24.0 Å². The zero-order chi connectivity index (χ0) is 12.0. The van der Waals surface area contributed by atoms with Gasteiger partial charge in [0.25, 0.3) is 0 Å². The Labute approximate surface area is 98.9 Å². The van der Waals surface area contributed by atoms with Crippen molar-refractivity contribution in [1.29, 1.82) is 0 Å². The second-order valence-corrected chi connectivity index (χ2v) is 4.47. The molecule has 0 radical (unpaired) electrons. The van der Waals surface area contributed by atoms with E-state index in [1.165, 1.54) is 11.3 Å². The van der Waals surface area contributed by atoms with Crippen LogP contribution >= 0.6 is 0 Å². The molecule has 3 nitrogen and oxygen atoms in total. The molecular formula is C13H23N3. The minimum atomic E-state index is 0.669. The zero-order valence-corrected chi connectivity index (χ0v) is 10.8. The fourth-order valence-electron chi connectivity index (χ4n) is 1.88. The second kappa shape index (κ2) is 6.48. The maximum absolute atomic E-state index is 4.23. The van der Waals surface area contributed by atoms with Crippen LogP contribution in [0.1, 0.15) is 26.3 Å². The van der Waals surface area contributed by atoms with Crippen molar-refractivity contribution in [1.82, 2.24) is 10.3 Å². The van der Waals surface area contributed by atoms with E-state index in [1.54, 1.807) is 0 Å². The van der Waals surface area contributed by atoms with E-state index < -0.39 is 0 Å². The Morgan fingerprint density at radius 1 is 1.44 bits per heavy atom. The summed E-state index contributed by atoms with van der Waals surface area (Å²) in [5, 5.41) is 3.20. The summed E-state index contributed by atoms with van der Waals surface area (Å²) in [7, 11) is 1.98. The molecule has 16 heavy (non-hydrogen) atoms. The molecule has 0 saturated heterocycles. The lowest BCUT2D eigenvalue weighted by Gasteiger charge is -2.27. The normalized spacial score (nSPS) is 10.8. The highest BCUT2D eigenvalue weighted by Crippen LogP contribution is 2.19. The molecule has 1 aromatic heterocycles. The molecular weight excluding hydrogens is 198 g/mol. The molecule has 1 heterocycles. The zero-order valence-electron chi connectivity index (χ0n) is 10.8. The molecule has 0 aliphatic heterocycles. The third kappa shape index (κ3) is 3.49. The Balaban J connectivity index is 2.89. The highest BCUT2D eigenvalue weighted by Gasteiger charge is 2.10. The minimum absolute atomic E-state index is 0.669. The van der Waals surface area contributed by atoms with Crippen molar-refractivity contribution in [3.63, 3.8) is 0 Å². The monoisotopic (exact) mass is 221 g/mol. The smallest absolute Gasteiger partial charge is 0.0598 e. The van der Waals surface area contributed by atoms with E-state index in [4.69, 9.17) is 0 Å². The molecule has 0 atom stereocenters. The summed E-state index contributed by atoms with van der Waals surface area (Å²) in [6, 6.07) is 2.09. The molecule has 0 fully saturated rings. The number of nitrogens with one attached hydrogen (secondary N) is 1. The van der Waals surface area contributed by atoms with Crippen LogP contribution < -0.4 is 10.2 Å². The van der Waals surface area contributed by atoms with Crippen molar-refractivity contribution in [2.75, 3.05) is 25.0 Å². The molecule has 0 aromatic carbocycles. The fourth-order valence-corrected chi connectivity index (χ4v) is 1.88. The Morgan fingerprint density at radius 2 is 2.19 bits per heavy atom. The third-order valence-electron chi connectivity index (χ3n) is 2.56. The van der Waals surface area contributed by atoms with Gasteiger partial charge in [-0.25, -0.2) is 0 Å². The second-order valence-electron chi connectivity index (χ2n) is 4.47. The predicted molar refractivity (Wildman–Crippen MR) is 69.7 cm³/mol. The summed E-state index contributed by atoms with van der Waals surface area (Å²) >= 11 is 0. The first kappa shape index (κ1) is 13.0. The van der Waals surface area contributed by atoms with Crippen LogP contribution in [-0.2, 0) is 6.54 Å². The molecule has 0 amide bonds. The van der Waals surface area contributed by atoms with Crippen LogP contribution in [0.4, 0.5) is 5.69 Å². The van der Waals surface area contributed by atoms with Crippen LogP contribution in [0.25, 0.3) is 0 Å². The van der Waals surface area contributed by atoms with Gasteiger partial charge in [-0.3, -0.25) is 4.98 Å². The average molecular weight is 221 g/mol. The van der Waals surface area contributed by atoms with Gasteiger partial charge in [-0.15, -0.1) is 0 Å². The maximum Gasteiger partial charge on any atom is 0.0598 e. The van der Waals surface area contributed by atoms with E-state index in [0.717, 1.165) is 19.6 Å². The first-order valence-electron chi connectivity index (χ1n) is 6.01. The number of rotatable bonds is 6. The first-order valence-corrected chi connectivity index (χ1v) is 6.01. The molecule has 90 valence electrons. The number of hydrogen-bond acceptors (Lipinski definition) is 3. The fraction of sp³-hybridized carbons (Fsp3) is 0.615. The van der Waals surface area contributed by atoms with Crippen molar-refractivity contribution in [3.8, 4) is 0 Å². The summed E-state index contributed by atoms with van der Waals surface area (Å²) in [5.74, 6) is 0.669. The molecule has 0 unspecified atom stereocenters. The van der Waals surface area contributed by atoms with Gasteiger partial charge in [0.15, 0.2) is 0 Å². The van der Waals surface area contributed by atoms with Gasteiger partial charge in [0, 0.05) is 25.8 Å². The van der Waals surface area contributed by atoms with Gasteiger partial charge in [0.1, 0.15) is 0 Å². The van der Waals surface area contributed by atoms with Crippen molar-refractivity contribution in [2.45, 2.75) is 27.3 Å². The summed E-state index contributed by atoms with van der Waals surface area (Å²) in [4.78, 5) is 6.63. The molecule has 3 heteroatoms. The highest BCUT2D eigenvalue weighted by atomic mass is 15.1. The van der Waals surface area contributed by atoms with Crippen LogP contribution in [0, 0.1) is 5.92 Å². The molecule has 0 bridgehead atoms. The largest absolute Gasteiger partial charge is 0.370 e. The highest BCUT2D eigenvalue weighted by molar-refractivity contribution is 5.51. The third-order valence-corrected chi connectivity index (χ3v) is 2.56. The van der Waals surface area contributed by atoms with Crippen molar-refractivity contribution in [2.24, 2.45) is 5.92 Å². The maximum atomic E-state index is 4.23. The molecule has 0 spiro atoms. The first-order chi connectivity index (χ1) is 7.69. The molecule has 0 saturated carbocycles. The van der Waals surface area contributed by atoms with E-state index in [2.05, 4.69) is 42.0 Å². The van der Waals surface area contributed by atoms with E-state index in [0.29, 0.717) is 5.92 Å². The summed E-state index contributed by atoms with van der Waals surface area (Å²) < 4.78 is 0. The van der Waals surface area contributed by atoms with Gasteiger partial charge in [-0.1, -0.05) is 13.8 Å². The summed E-state index contributed by atoms with van der Waals surface area (Å²) in [6.07, 6.45) is 3.83. The molecule has 1 N–H and O–H groups in total. The number of nitrogens with zero attached hydrogens (tertiary/aromatic N) is 2. The molecule has 0 aliphatic rings. The minimum Gasteiger partial charge on any atom is -0.370 e. The van der Waals surface area contributed by atoms with Gasteiger partial charge in [-0.2, -0.15) is 0 Å². The quantitative estimate of drug-likeness (QED) is 0.799. The Bertz CT molecular complexity index is 310. The predicted octanol–water partition coefficient (Wildman–Crippen LogP) is 2.28. The molecule has 1 rings (SSSR count). The lowest BCUT2D eigenvalue weighted by atomic mass is 10.1. The topological polar surface area (TPSA) is 28.2 Å². The lowest BCUT2D eigenvalue weighted by molar-refractivity contribution is 0.615. The van der Waals surface area contributed by atoms with Crippen LogP contribution in [0.5, 0.6) is 0 Å². The van der Waals surface area contributed by atoms with Crippen molar-refractivity contribution >= 4 is 5.69 Å². The van der Waals surface area contributed by atoms with E-state index in [9.17, 15) is 0 Å². The number of aromatic nitrogens is 1. The average Bonchev–Trinajstić information content (AvgIpc) is 2.27. The number of pyridine rings is 1. The van der Waals surface area contributed by atoms with Crippen molar-refractivity contribution < 1.29 is 0 Å². The van der Waals surface area contributed by atoms with Crippen LogP contribution in [0.15, 0.2) is 18.5 Å². The standard InChI is InChI=1S/C13H23N3/c1-5-16(10-11(2)3)13-9-15-7-6-12(13)8-14-4/h6-7,9,11,14H,5,8,10H2,1-4H3. The number of anilines is 1. The van der Waals surface area contributed by atoms with Crippen LogP contribution in [0.3, 0.4) is 0 Å². The van der Waals surface area contributed by atoms with E-state index in [1.807, 2.05) is 19.4 Å². The van der Waals surface area contributed by atoms with Gasteiger partial charge in [0.2, 0.25) is 0 Å². The van der Waals surface area contributed by atoms with Gasteiger partial charge in [0.05, 0.1) is 11.9 Å². The van der Waals surface area contributed by atoms with Gasteiger partial charge < -0.3 is 10.2 Å². The Morgan fingerprint density at radius 3 is 2.75 bits per heavy atom. The van der Waals surface area contributed by atoms with E-state index >= 15 is 0 Å².